The lowest BCUT2D eigenvalue weighted by molar-refractivity contribution is -0.123. The number of aryl methyl sites for hydroxylation is 1. The molecule has 0 unspecified atom stereocenters. The van der Waals surface area contributed by atoms with Gasteiger partial charge in [-0.2, -0.15) is 0 Å². The van der Waals surface area contributed by atoms with E-state index in [1.54, 1.807) is 5.57 Å². The summed E-state index contributed by atoms with van der Waals surface area (Å²) in [5, 5.41) is 3.14. The van der Waals surface area contributed by atoms with Crippen LogP contribution in [0, 0.1) is 35.5 Å². The average molecular weight is 377 g/mol. The first-order valence-electron chi connectivity index (χ1n) is 11.0. The molecule has 1 N–H and O–H groups in total. The molecule has 1 saturated heterocycles. The molecule has 5 atom stereocenters. The van der Waals surface area contributed by atoms with Gasteiger partial charge in [-0.3, -0.25) is 9.78 Å². The molecule has 3 heteroatoms. The molecular formula is C25H32N2O. The lowest BCUT2D eigenvalue weighted by Crippen LogP contribution is -2.48. The SMILES string of the molecule is Cc1ccncc1C1=CC=C2[C@@H]3CC[C@H]4CC(=O)NCC[C@]4(C)[C@H]3CC[C@]12C. The summed E-state index contributed by atoms with van der Waals surface area (Å²) in [6.07, 6.45) is 15.6. The number of nitrogens with zero attached hydrogens (tertiary/aromatic N) is 1. The molecule has 1 aromatic rings. The Labute approximate surface area is 168 Å². The number of aromatic nitrogens is 1. The molecule has 5 rings (SSSR count). The number of carbonyl (C=O) groups is 1. The number of pyridine rings is 1. The molecule has 3 nitrogen and oxygen atoms in total. The number of carbonyl (C=O) groups excluding carboxylic acids is 1. The number of rotatable bonds is 1. The molecule has 3 aliphatic carbocycles. The normalized spacial score (nSPS) is 39.7. The Hall–Kier alpha value is -1.90. The van der Waals surface area contributed by atoms with Gasteiger partial charge in [-0.1, -0.05) is 31.6 Å². The molecule has 3 fully saturated rings. The molecule has 2 saturated carbocycles. The van der Waals surface area contributed by atoms with Crippen LogP contribution < -0.4 is 5.32 Å². The fourth-order valence-corrected chi connectivity index (χ4v) is 7.15. The molecule has 0 aromatic carbocycles. The van der Waals surface area contributed by atoms with Crippen LogP contribution in [0.4, 0.5) is 0 Å². The lowest BCUT2D eigenvalue weighted by Gasteiger charge is -2.56. The highest BCUT2D eigenvalue weighted by molar-refractivity contribution is 5.80. The number of nitrogens with one attached hydrogen (secondary N) is 1. The summed E-state index contributed by atoms with van der Waals surface area (Å²) >= 11 is 0. The van der Waals surface area contributed by atoms with Gasteiger partial charge in [0.1, 0.15) is 0 Å². The number of allylic oxidation sites excluding steroid dienone is 4. The van der Waals surface area contributed by atoms with E-state index in [1.165, 1.54) is 42.4 Å². The van der Waals surface area contributed by atoms with Crippen molar-refractivity contribution < 1.29 is 4.79 Å². The maximum absolute atomic E-state index is 12.2. The van der Waals surface area contributed by atoms with Crippen LogP contribution in [0.3, 0.4) is 0 Å². The second-order valence-electron chi connectivity index (χ2n) is 10.1. The highest BCUT2D eigenvalue weighted by Crippen LogP contribution is 2.65. The summed E-state index contributed by atoms with van der Waals surface area (Å²) in [7, 11) is 0. The summed E-state index contributed by atoms with van der Waals surface area (Å²) < 4.78 is 0. The summed E-state index contributed by atoms with van der Waals surface area (Å²) in [5.74, 6) is 2.19. The van der Waals surface area contributed by atoms with E-state index in [9.17, 15) is 4.79 Å². The smallest absolute Gasteiger partial charge is 0.220 e. The van der Waals surface area contributed by atoms with E-state index in [2.05, 4.69) is 55.5 Å². The van der Waals surface area contributed by atoms with Crippen molar-refractivity contribution >= 4 is 11.5 Å². The van der Waals surface area contributed by atoms with Crippen molar-refractivity contribution in [1.29, 1.82) is 0 Å². The summed E-state index contributed by atoms with van der Waals surface area (Å²) in [5.41, 5.74) is 6.21. The van der Waals surface area contributed by atoms with E-state index in [1.807, 2.05) is 6.20 Å². The fourth-order valence-electron chi connectivity index (χ4n) is 7.15. The summed E-state index contributed by atoms with van der Waals surface area (Å²) in [6.45, 7) is 8.01. The Morgan fingerprint density at radius 3 is 2.82 bits per heavy atom. The molecular weight excluding hydrogens is 344 g/mol. The van der Waals surface area contributed by atoms with Crippen LogP contribution in [0.15, 0.2) is 36.2 Å². The molecule has 0 spiro atoms. The first kappa shape index (κ1) is 18.1. The number of hydrogen-bond acceptors (Lipinski definition) is 2. The van der Waals surface area contributed by atoms with Crippen LogP contribution in [-0.4, -0.2) is 17.4 Å². The van der Waals surface area contributed by atoms with Crippen LogP contribution in [0.25, 0.3) is 5.57 Å². The largest absolute Gasteiger partial charge is 0.356 e. The van der Waals surface area contributed by atoms with Crippen molar-refractivity contribution in [3.8, 4) is 0 Å². The van der Waals surface area contributed by atoms with Crippen LogP contribution in [0.5, 0.6) is 0 Å². The lowest BCUT2D eigenvalue weighted by atomic mass is 9.47. The van der Waals surface area contributed by atoms with E-state index >= 15 is 0 Å². The molecule has 1 amide bonds. The van der Waals surface area contributed by atoms with E-state index in [0.717, 1.165) is 19.4 Å². The zero-order valence-electron chi connectivity index (χ0n) is 17.4. The maximum atomic E-state index is 12.2. The number of fused-ring (bicyclic) bond motifs is 5. The van der Waals surface area contributed by atoms with Gasteiger partial charge in [0, 0.05) is 30.8 Å². The zero-order chi connectivity index (χ0) is 19.5. The monoisotopic (exact) mass is 376 g/mol. The van der Waals surface area contributed by atoms with Crippen LogP contribution >= 0.6 is 0 Å². The first-order chi connectivity index (χ1) is 13.4. The first-order valence-corrected chi connectivity index (χ1v) is 11.0. The molecule has 1 aliphatic heterocycles. The predicted molar refractivity (Wildman–Crippen MR) is 112 cm³/mol. The van der Waals surface area contributed by atoms with Crippen molar-refractivity contribution in [3.63, 3.8) is 0 Å². The van der Waals surface area contributed by atoms with Crippen molar-refractivity contribution in [2.75, 3.05) is 6.54 Å². The van der Waals surface area contributed by atoms with Gasteiger partial charge in [0.05, 0.1) is 0 Å². The van der Waals surface area contributed by atoms with Gasteiger partial charge in [0.15, 0.2) is 0 Å². The van der Waals surface area contributed by atoms with Gasteiger partial charge in [0.2, 0.25) is 5.91 Å². The van der Waals surface area contributed by atoms with E-state index in [-0.39, 0.29) is 16.7 Å². The Balaban J connectivity index is 1.48. The molecule has 148 valence electrons. The van der Waals surface area contributed by atoms with Gasteiger partial charge in [-0.15, -0.1) is 0 Å². The van der Waals surface area contributed by atoms with Gasteiger partial charge >= 0.3 is 0 Å². The highest BCUT2D eigenvalue weighted by Gasteiger charge is 2.55. The third-order valence-corrected chi connectivity index (χ3v) is 8.85. The van der Waals surface area contributed by atoms with E-state index in [0.29, 0.717) is 17.8 Å². The van der Waals surface area contributed by atoms with Crippen LogP contribution in [0.1, 0.15) is 63.5 Å². The second-order valence-corrected chi connectivity index (χ2v) is 10.1. The van der Waals surface area contributed by atoms with Crippen LogP contribution in [-0.2, 0) is 4.79 Å². The second kappa shape index (κ2) is 6.30. The Kier molecular flexibility index (Phi) is 4.08. The van der Waals surface area contributed by atoms with Crippen molar-refractivity contribution in [2.24, 2.45) is 28.6 Å². The van der Waals surface area contributed by atoms with Crippen LogP contribution in [0.2, 0.25) is 0 Å². The minimum Gasteiger partial charge on any atom is -0.356 e. The Morgan fingerprint density at radius 2 is 2.00 bits per heavy atom. The standard InChI is InChI=1S/C25H32N2O/c1-16-9-12-26-15-19(16)21-7-6-20-18-5-4-17-14-23(28)27-13-11-24(17,2)22(18)8-10-25(20,21)3/h6-7,9,12,15,17-18,22H,4-5,8,10-11,13-14H2,1-3H3,(H,27,28)/t17-,18-,22-,24-,25-/m0/s1. The van der Waals surface area contributed by atoms with Crippen molar-refractivity contribution in [2.45, 2.75) is 59.3 Å². The summed E-state index contributed by atoms with van der Waals surface area (Å²) in [6, 6.07) is 2.13. The summed E-state index contributed by atoms with van der Waals surface area (Å²) in [4.78, 5) is 16.6. The molecule has 28 heavy (non-hydrogen) atoms. The highest BCUT2D eigenvalue weighted by atomic mass is 16.1. The minimum absolute atomic E-state index is 0.150. The number of hydrogen-bond donors (Lipinski definition) is 1. The maximum Gasteiger partial charge on any atom is 0.220 e. The minimum atomic E-state index is 0.150. The van der Waals surface area contributed by atoms with E-state index in [4.69, 9.17) is 0 Å². The van der Waals surface area contributed by atoms with Gasteiger partial charge in [-0.25, -0.2) is 0 Å². The molecule has 0 bridgehead atoms. The van der Waals surface area contributed by atoms with Gasteiger partial charge < -0.3 is 5.32 Å². The average Bonchev–Trinajstić information content (AvgIpc) is 2.93. The topological polar surface area (TPSA) is 42.0 Å². The van der Waals surface area contributed by atoms with Gasteiger partial charge in [-0.05, 0) is 85.0 Å². The van der Waals surface area contributed by atoms with E-state index < -0.39 is 0 Å². The quantitative estimate of drug-likeness (QED) is 0.743. The molecule has 2 heterocycles. The predicted octanol–water partition coefficient (Wildman–Crippen LogP) is 5.07. The number of amides is 1. The van der Waals surface area contributed by atoms with Crippen molar-refractivity contribution in [3.05, 3.63) is 47.3 Å². The molecule has 4 aliphatic rings. The fraction of sp³-hybridized carbons (Fsp3) is 0.600. The Morgan fingerprint density at radius 1 is 1.14 bits per heavy atom. The third-order valence-electron chi connectivity index (χ3n) is 8.85. The zero-order valence-corrected chi connectivity index (χ0v) is 17.4. The molecule has 0 radical (unpaired) electrons. The van der Waals surface area contributed by atoms with Gasteiger partial charge in [0.25, 0.3) is 0 Å². The Bertz CT molecular complexity index is 884. The van der Waals surface area contributed by atoms with Crippen molar-refractivity contribution in [1.82, 2.24) is 10.3 Å². The molecule has 1 aromatic heterocycles. The third kappa shape index (κ3) is 2.47.